The molecule has 2 aliphatic heterocycles. The van der Waals surface area contributed by atoms with E-state index in [9.17, 15) is 27.6 Å². The van der Waals surface area contributed by atoms with Crippen molar-refractivity contribution in [3.63, 3.8) is 0 Å². The Labute approximate surface area is 213 Å². The summed E-state index contributed by atoms with van der Waals surface area (Å²) in [6, 6.07) is 7.06. The number of nitrogens with zero attached hydrogens (tertiary/aromatic N) is 2. The summed E-state index contributed by atoms with van der Waals surface area (Å²) >= 11 is 0. The lowest BCUT2D eigenvalue weighted by atomic mass is 9.93. The van der Waals surface area contributed by atoms with Crippen LogP contribution in [-0.2, 0) is 19.1 Å². The number of esters is 2. The number of rotatable bonds is 6. The number of piperidine rings is 2. The van der Waals surface area contributed by atoms with Gasteiger partial charge in [0.15, 0.2) is 0 Å². The fourth-order valence-electron chi connectivity index (χ4n) is 4.37. The molecule has 9 nitrogen and oxygen atoms in total. The first-order valence-electron chi connectivity index (χ1n) is 12.2. The zero-order valence-corrected chi connectivity index (χ0v) is 21.0. The molecule has 3 rings (SSSR count). The number of hydrogen-bond donors (Lipinski definition) is 1. The van der Waals surface area contributed by atoms with Crippen LogP contribution in [0.25, 0.3) is 0 Å². The molecule has 12 heteroatoms. The third-order valence-electron chi connectivity index (χ3n) is 6.23. The maximum absolute atomic E-state index is 12.8. The van der Waals surface area contributed by atoms with Crippen LogP contribution in [-0.4, -0.2) is 90.3 Å². The number of carboxylic acids is 1. The van der Waals surface area contributed by atoms with E-state index < -0.39 is 12.1 Å². The molecule has 206 valence electrons. The smallest absolute Gasteiger partial charge is 0.475 e. The third-order valence-corrected chi connectivity index (χ3v) is 6.23. The van der Waals surface area contributed by atoms with Crippen molar-refractivity contribution in [2.45, 2.75) is 51.7 Å². The first-order valence-corrected chi connectivity index (χ1v) is 12.2. The summed E-state index contributed by atoms with van der Waals surface area (Å²) in [5.74, 6) is -3.25. The number of alkyl halides is 3. The topological polar surface area (TPSA) is 113 Å². The molecular formula is C25H33F3N2O7. The molecule has 0 radical (unpaired) electrons. The molecule has 1 amide bonds. The van der Waals surface area contributed by atoms with Crippen molar-refractivity contribution in [3.8, 4) is 0 Å². The van der Waals surface area contributed by atoms with E-state index in [1.807, 2.05) is 11.8 Å². The van der Waals surface area contributed by atoms with E-state index in [1.165, 1.54) is 0 Å². The highest BCUT2D eigenvalue weighted by Crippen LogP contribution is 2.25. The van der Waals surface area contributed by atoms with Crippen LogP contribution in [0.15, 0.2) is 24.3 Å². The largest absolute Gasteiger partial charge is 0.490 e. The number of benzene rings is 1. The minimum atomic E-state index is -5.08. The standard InChI is InChI=1S/C23H32N2O5.C2HF3O2/c1-3-29-22(27)18-9-7-17(8-10-18)21(26)24-14-11-20(12-15-24)25-13-5-6-19(16-25)23(28)30-4-2;3-2(4,5)1(6)7/h7-10,19-20H,3-6,11-16H2,1-2H3;(H,6,7). The van der Waals surface area contributed by atoms with Crippen LogP contribution in [0.5, 0.6) is 0 Å². The summed E-state index contributed by atoms with van der Waals surface area (Å²) in [6.07, 6.45) is -1.37. The quantitative estimate of drug-likeness (QED) is 0.557. The molecule has 1 aromatic rings. The second-order valence-electron chi connectivity index (χ2n) is 8.71. The summed E-state index contributed by atoms with van der Waals surface area (Å²) in [5.41, 5.74) is 1.04. The summed E-state index contributed by atoms with van der Waals surface area (Å²) in [4.78, 5) is 49.9. The molecule has 2 saturated heterocycles. The summed E-state index contributed by atoms with van der Waals surface area (Å²) in [5, 5.41) is 7.12. The van der Waals surface area contributed by atoms with Gasteiger partial charge in [0.25, 0.3) is 5.91 Å². The van der Waals surface area contributed by atoms with Crippen molar-refractivity contribution in [1.29, 1.82) is 0 Å². The number of aliphatic carboxylic acids is 1. The lowest BCUT2D eigenvalue weighted by Gasteiger charge is -2.41. The van der Waals surface area contributed by atoms with E-state index in [0.29, 0.717) is 43.5 Å². The number of carbonyl (C=O) groups is 4. The number of halogens is 3. The molecule has 1 unspecified atom stereocenters. The van der Waals surface area contributed by atoms with Gasteiger partial charge in [-0.15, -0.1) is 0 Å². The van der Waals surface area contributed by atoms with Crippen molar-refractivity contribution < 1.29 is 46.9 Å². The Morgan fingerprint density at radius 2 is 1.46 bits per heavy atom. The van der Waals surface area contributed by atoms with Crippen molar-refractivity contribution >= 4 is 23.8 Å². The van der Waals surface area contributed by atoms with Gasteiger partial charge in [-0.2, -0.15) is 13.2 Å². The molecule has 1 atom stereocenters. The molecule has 37 heavy (non-hydrogen) atoms. The lowest BCUT2D eigenvalue weighted by molar-refractivity contribution is -0.192. The van der Waals surface area contributed by atoms with Gasteiger partial charge in [0.2, 0.25) is 0 Å². The highest BCUT2D eigenvalue weighted by Gasteiger charge is 2.38. The molecule has 1 N–H and O–H groups in total. The van der Waals surface area contributed by atoms with E-state index in [-0.39, 0.29) is 23.8 Å². The van der Waals surface area contributed by atoms with E-state index in [0.717, 1.165) is 38.8 Å². The van der Waals surface area contributed by atoms with Gasteiger partial charge in [-0.05, 0) is 70.3 Å². The number of likely N-dealkylation sites (tertiary alicyclic amines) is 2. The van der Waals surface area contributed by atoms with Crippen molar-refractivity contribution in [2.75, 3.05) is 39.4 Å². The summed E-state index contributed by atoms with van der Waals surface area (Å²) in [7, 11) is 0. The number of hydrogen-bond acceptors (Lipinski definition) is 7. The SMILES string of the molecule is CCOC(=O)c1ccc(C(=O)N2CCC(N3CCCC(C(=O)OCC)C3)CC2)cc1.O=C(O)C(F)(F)F. The van der Waals surface area contributed by atoms with Gasteiger partial charge >= 0.3 is 24.1 Å². The van der Waals surface area contributed by atoms with Crippen LogP contribution < -0.4 is 0 Å². The number of ether oxygens (including phenoxy) is 2. The van der Waals surface area contributed by atoms with Crippen molar-refractivity contribution in [2.24, 2.45) is 5.92 Å². The van der Waals surface area contributed by atoms with Gasteiger partial charge in [0.05, 0.1) is 24.7 Å². The van der Waals surface area contributed by atoms with E-state index in [4.69, 9.17) is 19.4 Å². The van der Waals surface area contributed by atoms with Crippen LogP contribution >= 0.6 is 0 Å². The van der Waals surface area contributed by atoms with Gasteiger partial charge in [0.1, 0.15) is 0 Å². The molecule has 0 bridgehead atoms. The van der Waals surface area contributed by atoms with Gasteiger partial charge in [-0.1, -0.05) is 0 Å². The average molecular weight is 531 g/mol. The Morgan fingerprint density at radius 1 is 0.919 bits per heavy atom. The fourth-order valence-corrected chi connectivity index (χ4v) is 4.37. The first-order chi connectivity index (χ1) is 17.5. The average Bonchev–Trinajstić information content (AvgIpc) is 2.88. The molecule has 0 saturated carbocycles. The lowest BCUT2D eigenvalue weighted by Crippen LogP contribution is -2.50. The first kappa shape index (κ1) is 30.1. The Morgan fingerprint density at radius 3 is 1.97 bits per heavy atom. The predicted molar refractivity (Wildman–Crippen MR) is 126 cm³/mol. The molecule has 0 aromatic heterocycles. The van der Waals surface area contributed by atoms with Crippen molar-refractivity contribution in [1.82, 2.24) is 9.80 Å². The third kappa shape index (κ3) is 9.03. The maximum Gasteiger partial charge on any atom is 0.490 e. The van der Waals surface area contributed by atoms with Crippen LogP contribution in [0, 0.1) is 5.92 Å². The summed E-state index contributed by atoms with van der Waals surface area (Å²) < 4.78 is 41.9. The molecule has 2 fully saturated rings. The molecular weight excluding hydrogens is 497 g/mol. The van der Waals surface area contributed by atoms with E-state index in [2.05, 4.69) is 4.90 Å². The normalized spacial score (nSPS) is 18.8. The second-order valence-corrected chi connectivity index (χ2v) is 8.71. The van der Waals surface area contributed by atoms with E-state index in [1.54, 1.807) is 31.2 Å². The molecule has 0 spiro atoms. The van der Waals surface area contributed by atoms with Crippen LogP contribution in [0.4, 0.5) is 13.2 Å². The minimum absolute atomic E-state index is 0.00750. The van der Waals surface area contributed by atoms with Gasteiger partial charge in [0, 0.05) is 31.2 Å². The minimum Gasteiger partial charge on any atom is -0.475 e. The highest BCUT2D eigenvalue weighted by molar-refractivity contribution is 5.96. The number of amides is 1. The van der Waals surface area contributed by atoms with Gasteiger partial charge in [-0.25, -0.2) is 9.59 Å². The molecule has 2 aliphatic rings. The van der Waals surface area contributed by atoms with Crippen LogP contribution in [0.3, 0.4) is 0 Å². The molecule has 0 aliphatic carbocycles. The Bertz CT molecular complexity index is 929. The zero-order valence-electron chi connectivity index (χ0n) is 21.0. The van der Waals surface area contributed by atoms with E-state index >= 15 is 0 Å². The molecule has 1 aromatic carbocycles. The Balaban J connectivity index is 0.000000604. The Kier molecular flexibility index (Phi) is 11.4. The van der Waals surface area contributed by atoms with Crippen molar-refractivity contribution in [3.05, 3.63) is 35.4 Å². The van der Waals surface area contributed by atoms with Crippen LogP contribution in [0.2, 0.25) is 0 Å². The Hall–Kier alpha value is -3.15. The van der Waals surface area contributed by atoms with Gasteiger partial charge < -0.3 is 19.5 Å². The second kappa shape index (κ2) is 14.0. The number of carboxylic acid groups (broad SMARTS) is 1. The predicted octanol–water partition coefficient (Wildman–Crippen LogP) is 3.38. The monoisotopic (exact) mass is 530 g/mol. The summed E-state index contributed by atoms with van der Waals surface area (Å²) in [6.45, 7) is 7.52. The fraction of sp³-hybridized carbons (Fsp3) is 0.600. The zero-order chi connectivity index (χ0) is 27.6. The highest BCUT2D eigenvalue weighted by atomic mass is 19.4. The number of carbonyl (C=O) groups excluding carboxylic acids is 3. The molecule has 2 heterocycles. The van der Waals surface area contributed by atoms with Gasteiger partial charge in [-0.3, -0.25) is 14.5 Å². The van der Waals surface area contributed by atoms with Crippen LogP contribution in [0.1, 0.15) is 60.2 Å². The maximum atomic E-state index is 12.8.